The molecule has 0 unspecified atom stereocenters. The molecule has 0 N–H and O–H groups in total. The maximum atomic E-state index is 12.3. The molecule has 1 aromatic rings. The van der Waals surface area contributed by atoms with Crippen molar-refractivity contribution >= 4 is 17.5 Å². The number of nitrogens with zero attached hydrogens (tertiary/aromatic N) is 4. The number of amides is 1. The van der Waals surface area contributed by atoms with Crippen LogP contribution in [-0.2, 0) is 0 Å². The van der Waals surface area contributed by atoms with Crippen molar-refractivity contribution in [2.45, 2.75) is 25.3 Å². The van der Waals surface area contributed by atoms with E-state index in [1.807, 2.05) is 6.92 Å². The van der Waals surface area contributed by atoms with Gasteiger partial charge in [0.1, 0.15) is 0 Å². The van der Waals surface area contributed by atoms with Crippen LogP contribution in [0.3, 0.4) is 0 Å². The monoisotopic (exact) mass is 278 g/mol. The highest BCUT2D eigenvalue weighted by Gasteiger charge is 2.31. The number of hydrogen-bond donors (Lipinski definition) is 0. The van der Waals surface area contributed by atoms with Gasteiger partial charge in [-0.1, -0.05) is 23.6 Å². The Morgan fingerprint density at radius 2 is 1.95 bits per heavy atom. The number of hydrogen-bond acceptors (Lipinski definition) is 2. The summed E-state index contributed by atoms with van der Waals surface area (Å²) in [4.78, 5) is 16.9. The number of piperidine rings is 1. The first kappa shape index (κ1) is 13.7. The summed E-state index contributed by atoms with van der Waals surface area (Å²) in [6.45, 7) is 3.14. The molecule has 6 heteroatoms. The average molecular weight is 279 g/mol. The Hall–Kier alpha value is -1.71. The minimum absolute atomic E-state index is 0.000320. The molecule has 0 atom stereocenters. The summed E-state index contributed by atoms with van der Waals surface area (Å²) >= 11 is 5.80. The Bertz CT molecular complexity index is 514. The Morgan fingerprint density at radius 3 is 2.47 bits per heavy atom. The molecule has 1 saturated heterocycles. The van der Waals surface area contributed by atoms with E-state index in [1.165, 1.54) is 0 Å². The molecule has 1 aliphatic heterocycles. The van der Waals surface area contributed by atoms with Crippen molar-refractivity contribution in [1.29, 1.82) is 0 Å². The predicted octanol–water partition coefficient (Wildman–Crippen LogP) is 3.65. The Balaban J connectivity index is 2.03. The molecule has 0 bridgehead atoms. The van der Waals surface area contributed by atoms with Gasteiger partial charge in [0, 0.05) is 34.1 Å². The Kier molecular flexibility index (Phi) is 3.98. The standard InChI is InChI=1S/C13H15ClN4O/c1-13(16-17-15)6-8-18(9-7-13)12(19)10-2-4-11(14)5-3-10/h2-5H,6-9H2,1H3. The highest BCUT2D eigenvalue weighted by molar-refractivity contribution is 6.30. The Labute approximate surface area is 116 Å². The molecule has 0 aromatic heterocycles. The van der Waals surface area contributed by atoms with Gasteiger partial charge in [0.15, 0.2) is 0 Å². The molecule has 0 aliphatic carbocycles. The molecule has 19 heavy (non-hydrogen) atoms. The van der Waals surface area contributed by atoms with Crippen LogP contribution in [0.2, 0.25) is 5.02 Å². The van der Waals surface area contributed by atoms with E-state index in [1.54, 1.807) is 29.2 Å². The smallest absolute Gasteiger partial charge is 0.253 e. The molecule has 0 radical (unpaired) electrons. The van der Waals surface area contributed by atoms with Crippen LogP contribution in [-0.4, -0.2) is 29.4 Å². The second-order valence-corrected chi connectivity index (χ2v) is 5.42. The molecule has 1 aromatic carbocycles. The zero-order valence-corrected chi connectivity index (χ0v) is 11.5. The van der Waals surface area contributed by atoms with Gasteiger partial charge in [0.2, 0.25) is 0 Å². The Morgan fingerprint density at radius 1 is 1.37 bits per heavy atom. The summed E-state index contributed by atoms with van der Waals surface area (Å²) in [5.41, 5.74) is 8.79. The van der Waals surface area contributed by atoms with Crippen molar-refractivity contribution in [2.24, 2.45) is 5.11 Å². The maximum Gasteiger partial charge on any atom is 0.253 e. The van der Waals surface area contributed by atoms with Gasteiger partial charge < -0.3 is 4.90 Å². The zero-order valence-electron chi connectivity index (χ0n) is 10.7. The summed E-state index contributed by atoms with van der Waals surface area (Å²) in [5, 5.41) is 4.44. The normalized spacial score (nSPS) is 17.7. The van der Waals surface area contributed by atoms with Crippen LogP contribution in [0.5, 0.6) is 0 Å². The van der Waals surface area contributed by atoms with Crippen LogP contribution in [0.4, 0.5) is 0 Å². The number of benzene rings is 1. The van der Waals surface area contributed by atoms with Gasteiger partial charge in [0.25, 0.3) is 5.91 Å². The van der Waals surface area contributed by atoms with Crippen LogP contribution < -0.4 is 0 Å². The minimum atomic E-state index is -0.370. The lowest BCUT2D eigenvalue weighted by Crippen LogP contribution is -2.44. The maximum absolute atomic E-state index is 12.3. The lowest BCUT2D eigenvalue weighted by molar-refractivity contribution is 0.0681. The van der Waals surface area contributed by atoms with E-state index in [4.69, 9.17) is 17.1 Å². The van der Waals surface area contributed by atoms with Gasteiger partial charge in [-0.25, -0.2) is 0 Å². The zero-order chi connectivity index (χ0) is 13.9. The van der Waals surface area contributed by atoms with E-state index in [2.05, 4.69) is 10.0 Å². The third-order valence-electron chi connectivity index (χ3n) is 3.51. The van der Waals surface area contributed by atoms with Gasteiger partial charge in [-0.3, -0.25) is 4.79 Å². The fourth-order valence-electron chi connectivity index (χ4n) is 2.17. The number of halogens is 1. The van der Waals surface area contributed by atoms with E-state index in [-0.39, 0.29) is 11.4 Å². The molecule has 5 nitrogen and oxygen atoms in total. The number of carbonyl (C=O) groups is 1. The fourth-order valence-corrected chi connectivity index (χ4v) is 2.30. The van der Waals surface area contributed by atoms with Crippen LogP contribution in [0.1, 0.15) is 30.1 Å². The lowest BCUT2D eigenvalue weighted by Gasteiger charge is -2.36. The van der Waals surface area contributed by atoms with E-state index < -0.39 is 0 Å². The molecule has 0 spiro atoms. The summed E-state index contributed by atoms with van der Waals surface area (Å²) in [7, 11) is 0. The highest BCUT2D eigenvalue weighted by atomic mass is 35.5. The van der Waals surface area contributed by atoms with Gasteiger partial charge in [0.05, 0.1) is 0 Å². The molecular formula is C13H15ClN4O. The van der Waals surface area contributed by atoms with E-state index in [0.29, 0.717) is 36.5 Å². The summed E-state index contributed by atoms with van der Waals surface area (Å²) in [6, 6.07) is 6.88. The quantitative estimate of drug-likeness (QED) is 0.462. The molecule has 100 valence electrons. The van der Waals surface area contributed by atoms with Gasteiger partial charge in [-0.05, 0) is 42.6 Å². The molecule has 0 saturated carbocycles. The third kappa shape index (κ3) is 3.19. The molecule has 1 heterocycles. The van der Waals surface area contributed by atoms with Crippen LogP contribution in [0, 0.1) is 0 Å². The van der Waals surface area contributed by atoms with Crippen molar-refractivity contribution < 1.29 is 4.79 Å². The topological polar surface area (TPSA) is 69.1 Å². The third-order valence-corrected chi connectivity index (χ3v) is 3.76. The van der Waals surface area contributed by atoms with Crippen molar-refractivity contribution in [3.8, 4) is 0 Å². The van der Waals surface area contributed by atoms with Gasteiger partial charge >= 0.3 is 0 Å². The molecule has 1 fully saturated rings. The second kappa shape index (κ2) is 5.51. The minimum Gasteiger partial charge on any atom is -0.339 e. The molecule has 2 rings (SSSR count). The summed E-state index contributed by atoms with van der Waals surface area (Å²) < 4.78 is 0. The van der Waals surface area contributed by atoms with Crippen molar-refractivity contribution in [1.82, 2.24) is 4.90 Å². The number of likely N-dealkylation sites (tertiary alicyclic amines) is 1. The first-order chi connectivity index (χ1) is 9.04. The van der Waals surface area contributed by atoms with Crippen molar-refractivity contribution in [2.75, 3.05) is 13.1 Å². The predicted molar refractivity (Wildman–Crippen MR) is 74.1 cm³/mol. The van der Waals surface area contributed by atoms with E-state index >= 15 is 0 Å². The fraction of sp³-hybridized carbons (Fsp3) is 0.462. The number of carbonyl (C=O) groups excluding carboxylic acids is 1. The van der Waals surface area contributed by atoms with Crippen LogP contribution in [0.25, 0.3) is 10.4 Å². The largest absolute Gasteiger partial charge is 0.339 e. The summed E-state index contributed by atoms with van der Waals surface area (Å²) in [6.07, 6.45) is 1.38. The first-order valence-electron chi connectivity index (χ1n) is 6.15. The highest BCUT2D eigenvalue weighted by Crippen LogP contribution is 2.27. The first-order valence-corrected chi connectivity index (χ1v) is 6.53. The van der Waals surface area contributed by atoms with Gasteiger partial charge in [-0.2, -0.15) is 0 Å². The number of rotatable bonds is 2. The molecule has 1 amide bonds. The number of azide groups is 1. The average Bonchev–Trinajstić information content (AvgIpc) is 2.40. The molecular weight excluding hydrogens is 264 g/mol. The van der Waals surface area contributed by atoms with Crippen LogP contribution >= 0.6 is 11.6 Å². The van der Waals surface area contributed by atoms with Crippen molar-refractivity contribution in [3.05, 3.63) is 45.3 Å². The second-order valence-electron chi connectivity index (χ2n) is 4.99. The van der Waals surface area contributed by atoms with Gasteiger partial charge in [-0.15, -0.1) is 0 Å². The summed E-state index contributed by atoms with van der Waals surface area (Å²) in [5.74, 6) is -0.000320. The van der Waals surface area contributed by atoms with E-state index in [0.717, 1.165) is 0 Å². The van der Waals surface area contributed by atoms with E-state index in [9.17, 15) is 4.79 Å². The molecule has 1 aliphatic rings. The lowest BCUT2D eigenvalue weighted by atomic mass is 9.90. The van der Waals surface area contributed by atoms with Crippen LogP contribution in [0.15, 0.2) is 29.4 Å². The SMILES string of the molecule is CC1(N=[N+]=[N-])CCN(C(=O)c2ccc(Cl)cc2)CC1. The van der Waals surface area contributed by atoms with Crippen molar-refractivity contribution in [3.63, 3.8) is 0 Å².